The lowest BCUT2D eigenvalue weighted by molar-refractivity contribution is 0.102. The molecule has 0 aliphatic rings. The highest BCUT2D eigenvalue weighted by Gasteiger charge is 2.16. The van der Waals surface area contributed by atoms with Gasteiger partial charge in [-0.1, -0.05) is 24.3 Å². The average molecular weight is 446 g/mol. The number of aryl methyl sites for hydroxylation is 1. The number of methoxy groups -OCH3 is 1. The minimum atomic E-state index is -0.390. The molecule has 168 valence electrons. The Hall–Kier alpha value is -4.04. The smallest absolute Gasteiger partial charge is 0.336 e. The van der Waals surface area contributed by atoms with Gasteiger partial charge in [-0.25, -0.2) is 9.07 Å². The largest absolute Gasteiger partial charge is 0.460 e. The SMILES string of the molecule is COCCOc1nc(-c2ccccc2C)n(-c2ccc(NC(=O)c3ccc(F)cc3)cc2)n1. The minimum absolute atomic E-state index is 0.249. The average Bonchev–Trinajstić information content (AvgIpc) is 3.24. The first-order valence-corrected chi connectivity index (χ1v) is 10.4. The van der Waals surface area contributed by atoms with Crippen molar-refractivity contribution in [3.05, 3.63) is 89.7 Å². The number of anilines is 1. The number of aromatic nitrogens is 3. The highest BCUT2D eigenvalue weighted by Crippen LogP contribution is 2.27. The van der Waals surface area contributed by atoms with E-state index in [-0.39, 0.29) is 11.9 Å². The van der Waals surface area contributed by atoms with Crippen LogP contribution in [0.1, 0.15) is 15.9 Å². The van der Waals surface area contributed by atoms with Crippen LogP contribution in [-0.2, 0) is 4.74 Å². The van der Waals surface area contributed by atoms with Gasteiger partial charge in [0, 0.05) is 23.9 Å². The zero-order valence-electron chi connectivity index (χ0n) is 18.3. The Bertz CT molecular complexity index is 1240. The Morgan fingerprint density at radius 1 is 1.00 bits per heavy atom. The summed E-state index contributed by atoms with van der Waals surface area (Å²) in [6.45, 7) is 2.77. The molecule has 0 saturated heterocycles. The molecule has 0 radical (unpaired) electrons. The van der Waals surface area contributed by atoms with Crippen molar-refractivity contribution in [3.8, 4) is 23.1 Å². The van der Waals surface area contributed by atoms with Crippen LogP contribution in [0, 0.1) is 12.7 Å². The van der Waals surface area contributed by atoms with Crippen LogP contribution >= 0.6 is 0 Å². The summed E-state index contributed by atoms with van der Waals surface area (Å²) in [7, 11) is 1.60. The van der Waals surface area contributed by atoms with Crippen molar-refractivity contribution in [2.24, 2.45) is 0 Å². The van der Waals surface area contributed by atoms with Crippen molar-refractivity contribution in [2.75, 3.05) is 25.6 Å². The molecule has 33 heavy (non-hydrogen) atoms. The maximum Gasteiger partial charge on any atom is 0.336 e. The topological polar surface area (TPSA) is 78.3 Å². The van der Waals surface area contributed by atoms with E-state index in [1.165, 1.54) is 24.3 Å². The first-order valence-electron chi connectivity index (χ1n) is 10.4. The second kappa shape index (κ2) is 10.1. The summed E-state index contributed by atoms with van der Waals surface area (Å²) in [6, 6.07) is 20.7. The zero-order valence-corrected chi connectivity index (χ0v) is 18.3. The number of benzene rings is 3. The Morgan fingerprint density at radius 3 is 2.42 bits per heavy atom. The van der Waals surface area contributed by atoms with Crippen LogP contribution in [0.4, 0.5) is 10.1 Å². The van der Waals surface area contributed by atoms with Crippen molar-refractivity contribution in [1.29, 1.82) is 0 Å². The lowest BCUT2D eigenvalue weighted by Gasteiger charge is -2.09. The maximum absolute atomic E-state index is 13.1. The molecule has 3 aromatic carbocycles. The molecule has 7 nitrogen and oxygen atoms in total. The molecule has 8 heteroatoms. The van der Waals surface area contributed by atoms with E-state index < -0.39 is 5.82 Å². The summed E-state index contributed by atoms with van der Waals surface area (Å²) in [5, 5.41) is 7.33. The molecule has 0 saturated carbocycles. The van der Waals surface area contributed by atoms with Gasteiger partial charge >= 0.3 is 6.01 Å². The van der Waals surface area contributed by atoms with E-state index in [4.69, 9.17) is 9.47 Å². The Kier molecular flexibility index (Phi) is 6.75. The van der Waals surface area contributed by atoms with Gasteiger partial charge < -0.3 is 14.8 Å². The van der Waals surface area contributed by atoms with Crippen LogP contribution in [0.2, 0.25) is 0 Å². The van der Waals surface area contributed by atoms with Gasteiger partial charge in [0.05, 0.1) is 12.3 Å². The van der Waals surface area contributed by atoms with Crippen molar-refractivity contribution in [3.63, 3.8) is 0 Å². The molecular formula is C25H23FN4O3. The lowest BCUT2D eigenvalue weighted by Crippen LogP contribution is -2.12. The summed E-state index contributed by atoms with van der Waals surface area (Å²) >= 11 is 0. The molecule has 0 unspecified atom stereocenters. The fourth-order valence-electron chi connectivity index (χ4n) is 3.24. The fraction of sp³-hybridized carbons (Fsp3) is 0.160. The highest BCUT2D eigenvalue weighted by atomic mass is 19.1. The summed E-state index contributed by atoms with van der Waals surface area (Å²) in [5.74, 6) is -0.0692. The van der Waals surface area contributed by atoms with Gasteiger partial charge in [0.25, 0.3) is 5.91 Å². The van der Waals surface area contributed by atoms with E-state index >= 15 is 0 Å². The number of amides is 1. The van der Waals surface area contributed by atoms with Crippen LogP contribution in [0.25, 0.3) is 17.1 Å². The molecule has 1 amide bonds. The van der Waals surface area contributed by atoms with Crippen LogP contribution in [-0.4, -0.2) is 41.0 Å². The highest BCUT2D eigenvalue weighted by molar-refractivity contribution is 6.04. The molecule has 0 aliphatic heterocycles. The second-order valence-electron chi connectivity index (χ2n) is 7.29. The summed E-state index contributed by atoms with van der Waals surface area (Å²) < 4.78 is 25.5. The molecule has 0 atom stereocenters. The molecule has 0 bridgehead atoms. The van der Waals surface area contributed by atoms with Crippen LogP contribution < -0.4 is 10.1 Å². The number of ether oxygens (including phenoxy) is 2. The van der Waals surface area contributed by atoms with Gasteiger partial charge in [0.15, 0.2) is 5.82 Å². The number of rotatable bonds is 8. The Balaban J connectivity index is 1.60. The number of nitrogens with one attached hydrogen (secondary N) is 1. The predicted molar refractivity (Wildman–Crippen MR) is 123 cm³/mol. The van der Waals surface area contributed by atoms with Gasteiger partial charge in [-0.15, -0.1) is 5.10 Å². The zero-order chi connectivity index (χ0) is 23.2. The third-order valence-corrected chi connectivity index (χ3v) is 4.97. The molecule has 0 spiro atoms. The molecule has 1 heterocycles. The summed E-state index contributed by atoms with van der Waals surface area (Å²) in [4.78, 5) is 17.0. The Morgan fingerprint density at radius 2 is 1.73 bits per heavy atom. The summed E-state index contributed by atoms with van der Waals surface area (Å²) in [6.07, 6.45) is 0. The van der Waals surface area contributed by atoms with E-state index in [1.54, 1.807) is 23.9 Å². The molecule has 1 N–H and O–H groups in total. The van der Waals surface area contributed by atoms with E-state index in [1.807, 2.05) is 43.3 Å². The quantitative estimate of drug-likeness (QED) is 0.398. The van der Waals surface area contributed by atoms with Crippen molar-refractivity contribution in [2.45, 2.75) is 6.92 Å². The standard InChI is InChI=1S/C25H23FN4O3/c1-17-5-3-4-6-22(17)23-28-25(33-16-15-32-2)29-30(23)21-13-11-20(12-14-21)27-24(31)18-7-9-19(26)10-8-18/h3-14H,15-16H2,1-2H3,(H,27,31). The number of carbonyl (C=O) groups excluding carboxylic acids is 1. The van der Waals surface area contributed by atoms with Crippen LogP contribution in [0.5, 0.6) is 6.01 Å². The number of hydrogen-bond donors (Lipinski definition) is 1. The van der Waals surface area contributed by atoms with Gasteiger partial charge in [0.2, 0.25) is 0 Å². The molecule has 4 rings (SSSR count). The van der Waals surface area contributed by atoms with Crippen LogP contribution in [0.3, 0.4) is 0 Å². The first kappa shape index (κ1) is 22.2. The molecule has 1 aromatic heterocycles. The van der Waals surface area contributed by atoms with Crippen LogP contribution in [0.15, 0.2) is 72.8 Å². The lowest BCUT2D eigenvalue weighted by atomic mass is 10.1. The minimum Gasteiger partial charge on any atom is -0.460 e. The predicted octanol–water partition coefficient (Wildman–Crippen LogP) is 4.66. The Labute approximate surface area is 190 Å². The second-order valence-corrected chi connectivity index (χ2v) is 7.29. The number of carbonyl (C=O) groups is 1. The first-order chi connectivity index (χ1) is 16.0. The van der Waals surface area contributed by atoms with Gasteiger partial charge in [-0.05, 0) is 61.0 Å². The number of halogens is 1. The number of hydrogen-bond acceptors (Lipinski definition) is 5. The van der Waals surface area contributed by atoms with Crippen molar-refractivity contribution < 1.29 is 18.7 Å². The van der Waals surface area contributed by atoms with E-state index in [0.717, 1.165) is 16.8 Å². The third kappa shape index (κ3) is 5.24. The molecule has 0 fully saturated rings. The van der Waals surface area contributed by atoms with Gasteiger partial charge in [0.1, 0.15) is 12.4 Å². The van der Waals surface area contributed by atoms with E-state index in [9.17, 15) is 9.18 Å². The van der Waals surface area contributed by atoms with Crippen molar-refractivity contribution in [1.82, 2.24) is 14.8 Å². The number of nitrogens with zero attached hydrogens (tertiary/aromatic N) is 3. The molecular weight excluding hydrogens is 423 g/mol. The third-order valence-electron chi connectivity index (χ3n) is 4.97. The van der Waals surface area contributed by atoms with E-state index in [2.05, 4.69) is 15.4 Å². The molecule has 0 aliphatic carbocycles. The maximum atomic E-state index is 13.1. The summed E-state index contributed by atoms with van der Waals surface area (Å²) in [5.41, 5.74) is 3.71. The monoisotopic (exact) mass is 446 g/mol. The normalized spacial score (nSPS) is 10.8. The van der Waals surface area contributed by atoms with E-state index in [0.29, 0.717) is 30.3 Å². The van der Waals surface area contributed by atoms with Crippen molar-refractivity contribution >= 4 is 11.6 Å². The van der Waals surface area contributed by atoms with Gasteiger partial charge in [-0.2, -0.15) is 4.98 Å². The molecule has 4 aromatic rings. The van der Waals surface area contributed by atoms with Gasteiger partial charge in [-0.3, -0.25) is 4.79 Å². The fourth-order valence-corrected chi connectivity index (χ4v) is 3.24.